The van der Waals surface area contributed by atoms with Crippen LogP contribution in [0.2, 0.25) is 0 Å². The van der Waals surface area contributed by atoms with Crippen LogP contribution in [0.4, 0.5) is 26.8 Å². The number of rotatable bonds is 4. The molecule has 1 aromatic carbocycles. The number of hydrogen-bond acceptors (Lipinski definition) is 7. The summed E-state index contributed by atoms with van der Waals surface area (Å²) in [5.74, 6) is -0.494. The second-order valence-electron chi connectivity index (χ2n) is 11.1. The van der Waals surface area contributed by atoms with Crippen LogP contribution < -0.4 is 14.7 Å². The molecule has 0 bridgehead atoms. The average Bonchev–Trinajstić information content (AvgIpc) is 3.32. The van der Waals surface area contributed by atoms with E-state index >= 15 is 0 Å². The summed E-state index contributed by atoms with van der Waals surface area (Å²) in [7, 11) is 4.74. The number of ether oxygens (including phenoxy) is 1. The first kappa shape index (κ1) is 27.1. The summed E-state index contributed by atoms with van der Waals surface area (Å²) < 4.78 is 6.75. The molecule has 0 radical (unpaired) electrons. The molecule has 1 unspecified atom stereocenters. The zero-order valence-corrected chi connectivity index (χ0v) is 23.0. The molecule has 38 heavy (non-hydrogen) atoms. The van der Waals surface area contributed by atoms with E-state index in [2.05, 4.69) is 15.2 Å². The van der Waals surface area contributed by atoms with Gasteiger partial charge in [-0.2, -0.15) is 9.47 Å². The van der Waals surface area contributed by atoms with Gasteiger partial charge in [-0.05, 0) is 52.0 Å². The molecule has 12 nitrogen and oxygen atoms in total. The zero-order valence-electron chi connectivity index (χ0n) is 23.0. The fraction of sp³-hybridized carbons (Fsp3) is 0.500. The smallest absolute Gasteiger partial charge is 0.431 e. The van der Waals surface area contributed by atoms with Crippen LogP contribution in [0.3, 0.4) is 0 Å². The van der Waals surface area contributed by atoms with Crippen molar-refractivity contribution in [1.82, 2.24) is 23.8 Å². The Bertz CT molecular complexity index is 1250. The number of quaternary nitrogens is 1. The van der Waals surface area contributed by atoms with Gasteiger partial charge >= 0.3 is 12.1 Å². The van der Waals surface area contributed by atoms with Crippen molar-refractivity contribution in [3.8, 4) is 0 Å². The molecule has 0 aliphatic carbocycles. The van der Waals surface area contributed by atoms with Crippen molar-refractivity contribution in [2.24, 2.45) is 0 Å². The van der Waals surface area contributed by atoms with Crippen LogP contribution in [0.25, 0.3) is 0 Å². The van der Waals surface area contributed by atoms with E-state index in [1.165, 1.54) is 17.9 Å². The van der Waals surface area contributed by atoms with E-state index in [1.54, 1.807) is 25.9 Å². The molecule has 204 valence electrons. The summed E-state index contributed by atoms with van der Waals surface area (Å²) in [6.45, 7) is 9.72. The Hall–Kier alpha value is -3.93. The average molecular weight is 527 g/mol. The van der Waals surface area contributed by atoms with Gasteiger partial charge in [0.15, 0.2) is 5.69 Å². The van der Waals surface area contributed by atoms with E-state index in [9.17, 15) is 19.2 Å². The lowest BCUT2D eigenvalue weighted by atomic mass is 10.2. The van der Waals surface area contributed by atoms with Gasteiger partial charge in [0.1, 0.15) is 18.0 Å². The molecule has 2 aliphatic heterocycles. The second-order valence-corrected chi connectivity index (χ2v) is 11.1. The quantitative estimate of drug-likeness (QED) is 0.609. The predicted octanol–water partition coefficient (Wildman–Crippen LogP) is 2.91. The molecule has 3 heterocycles. The van der Waals surface area contributed by atoms with Crippen LogP contribution in [0.1, 0.15) is 44.2 Å². The van der Waals surface area contributed by atoms with Crippen molar-refractivity contribution in [2.45, 2.75) is 39.3 Å². The minimum Gasteiger partial charge on any atom is -0.444 e. The molecule has 4 rings (SSSR count). The van der Waals surface area contributed by atoms with Crippen molar-refractivity contribution >= 4 is 41.1 Å². The summed E-state index contributed by atoms with van der Waals surface area (Å²) in [6, 6.07) is 6.36. The molecule has 0 spiro atoms. The molecule has 1 aromatic heterocycles. The van der Waals surface area contributed by atoms with Gasteiger partial charge in [0.2, 0.25) is 5.91 Å². The van der Waals surface area contributed by atoms with Gasteiger partial charge in [-0.1, -0.05) is 0 Å². The maximum atomic E-state index is 13.1. The lowest BCUT2D eigenvalue weighted by Gasteiger charge is -2.36. The number of nitrogens with one attached hydrogen (secondary N) is 1. The molecule has 1 N–H and O–H groups in total. The standard InChI is InChI=1S/C26H35N7O5/c1-17(32-16-27-21-20(32)23(35)29(5)24(36)33(21,6)7)22(34)28-18-8-10-19(11-9-18)30-12-14-31(15-13-30)25(37)38-26(2,3)4/h8-11,16-17H,12-15H2,1-7H3/p+1. The molecule has 1 atom stereocenters. The third-order valence-electron chi connectivity index (χ3n) is 6.80. The summed E-state index contributed by atoms with van der Waals surface area (Å²) in [5, 5.41) is 2.89. The van der Waals surface area contributed by atoms with Gasteiger partial charge in [0.25, 0.3) is 11.7 Å². The van der Waals surface area contributed by atoms with Crippen molar-refractivity contribution in [3.63, 3.8) is 0 Å². The largest absolute Gasteiger partial charge is 0.444 e. The maximum Gasteiger partial charge on any atom is 0.431 e. The molecule has 5 amide bonds. The molecule has 2 aliphatic rings. The molecule has 2 aromatic rings. The highest BCUT2D eigenvalue weighted by Gasteiger charge is 2.49. The van der Waals surface area contributed by atoms with Gasteiger partial charge in [-0.25, -0.2) is 14.5 Å². The minimum absolute atomic E-state index is 0.216. The van der Waals surface area contributed by atoms with Gasteiger partial charge in [0.05, 0.1) is 14.1 Å². The fourth-order valence-electron chi connectivity index (χ4n) is 4.57. The van der Waals surface area contributed by atoms with Crippen LogP contribution >= 0.6 is 0 Å². The Morgan fingerprint density at radius 3 is 2.24 bits per heavy atom. The lowest BCUT2D eigenvalue weighted by molar-refractivity contribution is -0.118. The van der Waals surface area contributed by atoms with Gasteiger partial charge in [0, 0.05) is 44.6 Å². The molecule has 0 saturated carbocycles. The summed E-state index contributed by atoms with van der Waals surface area (Å²) >= 11 is 0. The van der Waals surface area contributed by atoms with Crippen molar-refractivity contribution in [2.75, 3.05) is 57.5 Å². The summed E-state index contributed by atoms with van der Waals surface area (Å²) in [4.78, 5) is 60.0. The number of aromatic nitrogens is 2. The van der Waals surface area contributed by atoms with Gasteiger partial charge in [-0.3, -0.25) is 9.59 Å². The first-order valence-electron chi connectivity index (χ1n) is 12.6. The molecular formula is C26H36N7O5+. The molecule has 12 heteroatoms. The van der Waals surface area contributed by atoms with Crippen molar-refractivity contribution in [3.05, 3.63) is 36.3 Å². The molecule has 1 fully saturated rings. The number of urea groups is 1. The van der Waals surface area contributed by atoms with Crippen LogP contribution in [0, 0.1) is 0 Å². The second kappa shape index (κ2) is 9.75. The number of imide groups is 1. The van der Waals surface area contributed by atoms with E-state index < -0.39 is 23.6 Å². The van der Waals surface area contributed by atoms with E-state index in [0.29, 0.717) is 37.7 Å². The Labute approximate surface area is 222 Å². The molecule has 1 saturated heterocycles. The maximum absolute atomic E-state index is 13.1. The number of anilines is 2. The minimum atomic E-state index is -0.739. The fourth-order valence-corrected chi connectivity index (χ4v) is 4.57. The first-order chi connectivity index (χ1) is 17.7. The number of amides is 5. The van der Waals surface area contributed by atoms with Crippen LogP contribution in [-0.4, -0.2) is 96.2 Å². The Morgan fingerprint density at radius 2 is 1.66 bits per heavy atom. The topological polar surface area (TPSA) is 117 Å². The van der Waals surface area contributed by atoms with E-state index in [4.69, 9.17) is 4.74 Å². The Morgan fingerprint density at radius 1 is 1.05 bits per heavy atom. The Kier molecular flexibility index (Phi) is 6.96. The van der Waals surface area contributed by atoms with Crippen LogP contribution in [0.15, 0.2) is 30.6 Å². The monoisotopic (exact) mass is 526 g/mol. The number of imidazole rings is 1. The van der Waals surface area contributed by atoms with E-state index in [1.807, 2.05) is 45.0 Å². The van der Waals surface area contributed by atoms with Gasteiger partial charge in [-0.15, -0.1) is 0 Å². The summed E-state index contributed by atoms with van der Waals surface area (Å²) in [6.07, 6.45) is 1.13. The number of piperazine rings is 1. The third-order valence-corrected chi connectivity index (χ3v) is 6.80. The Balaban J connectivity index is 1.39. The highest BCUT2D eigenvalue weighted by Crippen LogP contribution is 2.32. The normalized spacial score (nSPS) is 18.2. The number of benzene rings is 1. The van der Waals surface area contributed by atoms with E-state index in [-0.39, 0.29) is 22.2 Å². The van der Waals surface area contributed by atoms with Crippen LogP contribution in [0.5, 0.6) is 0 Å². The lowest BCUT2D eigenvalue weighted by Crippen LogP contribution is -2.59. The molecular weight excluding hydrogens is 490 g/mol. The SMILES string of the molecule is CC(C(=O)Nc1ccc(N2CCN(C(=O)OC(C)(C)C)CC2)cc1)n1cnc2c1C(=O)N(C)C(=O)[N+]2(C)C. The van der Waals surface area contributed by atoms with Gasteiger partial charge < -0.3 is 24.4 Å². The highest BCUT2D eigenvalue weighted by molar-refractivity contribution is 6.13. The number of hydrogen-bond donors (Lipinski definition) is 1. The van der Waals surface area contributed by atoms with Crippen molar-refractivity contribution < 1.29 is 23.9 Å². The predicted molar refractivity (Wildman–Crippen MR) is 143 cm³/mol. The first-order valence-corrected chi connectivity index (χ1v) is 12.6. The van der Waals surface area contributed by atoms with Crippen molar-refractivity contribution in [1.29, 1.82) is 0 Å². The number of nitrogens with zero attached hydrogens (tertiary/aromatic N) is 6. The zero-order chi connectivity index (χ0) is 28.0. The number of fused-ring (bicyclic) bond motifs is 1. The summed E-state index contributed by atoms with van der Waals surface area (Å²) in [5.41, 5.74) is 1.30. The van der Waals surface area contributed by atoms with Crippen LogP contribution in [-0.2, 0) is 9.53 Å². The third kappa shape index (κ3) is 5.08. The highest BCUT2D eigenvalue weighted by atomic mass is 16.6. The number of carbonyl (C=O) groups excluding carboxylic acids is 4. The number of carbonyl (C=O) groups is 4. The van der Waals surface area contributed by atoms with E-state index in [0.717, 1.165) is 10.6 Å².